The van der Waals surface area contributed by atoms with Gasteiger partial charge in [-0.15, -0.1) is 0 Å². The number of carbonyl (C=O) groups excluding carboxylic acids is 1. The first-order chi connectivity index (χ1) is 10.6. The number of carbonyl (C=O) groups is 1. The van der Waals surface area contributed by atoms with Gasteiger partial charge < -0.3 is 10.6 Å². The second kappa shape index (κ2) is 6.32. The van der Waals surface area contributed by atoms with Crippen LogP contribution in [-0.2, 0) is 11.3 Å². The van der Waals surface area contributed by atoms with Crippen LogP contribution in [-0.4, -0.2) is 12.5 Å². The molecular formula is C19H22N2O. The van der Waals surface area contributed by atoms with Gasteiger partial charge in [0.1, 0.15) is 0 Å². The van der Waals surface area contributed by atoms with Crippen molar-refractivity contribution in [3.05, 3.63) is 65.2 Å². The number of hydrogen-bond acceptors (Lipinski definition) is 2. The molecule has 1 unspecified atom stereocenters. The van der Waals surface area contributed by atoms with E-state index in [9.17, 15) is 4.79 Å². The molecule has 3 rings (SSSR count). The number of hydrogen-bond donors (Lipinski definition) is 2. The van der Waals surface area contributed by atoms with Gasteiger partial charge in [-0.2, -0.15) is 0 Å². The molecule has 1 atom stereocenters. The average Bonchev–Trinajstić information content (AvgIpc) is 2.54. The quantitative estimate of drug-likeness (QED) is 0.907. The predicted octanol–water partition coefficient (Wildman–Crippen LogP) is 3.64. The molecule has 1 aliphatic rings. The van der Waals surface area contributed by atoms with E-state index in [4.69, 9.17) is 0 Å². The zero-order valence-electron chi connectivity index (χ0n) is 13.1. The van der Waals surface area contributed by atoms with Gasteiger partial charge in [-0.05, 0) is 34.7 Å². The topological polar surface area (TPSA) is 41.1 Å². The van der Waals surface area contributed by atoms with Gasteiger partial charge in [-0.3, -0.25) is 4.79 Å². The summed E-state index contributed by atoms with van der Waals surface area (Å²) in [6.45, 7) is 5.91. The van der Waals surface area contributed by atoms with Gasteiger partial charge in [-0.25, -0.2) is 0 Å². The first-order valence-electron chi connectivity index (χ1n) is 7.84. The van der Waals surface area contributed by atoms with Crippen LogP contribution in [0.4, 0.5) is 5.69 Å². The minimum Gasteiger partial charge on any atom is -0.326 e. The van der Waals surface area contributed by atoms with Crippen molar-refractivity contribution < 1.29 is 4.79 Å². The van der Waals surface area contributed by atoms with Gasteiger partial charge >= 0.3 is 0 Å². The van der Waals surface area contributed by atoms with Crippen molar-refractivity contribution in [2.75, 3.05) is 11.9 Å². The molecule has 2 N–H and O–H groups in total. The zero-order valence-corrected chi connectivity index (χ0v) is 13.1. The zero-order chi connectivity index (χ0) is 15.5. The molecule has 0 saturated heterocycles. The first kappa shape index (κ1) is 14.8. The molecule has 0 saturated carbocycles. The minimum atomic E-state index is -0.134. The standard InChI is InChI=1S/C19H22N2O/c1-13(2)14-8-9-17-15(10-14)11-20-12-18(17)19(22)21-16-6-4-3-5-7-16/h3-10,13,18,20H,11-12H2,1-2H3,(H,21,22). The number of anilines is 1. The summed E-state index contributed by atoms with van der Waals surface area (Å²) >= 11 is 0. The normalized spacial score (nSPS) is 17.1. The summed E-state index contributed by atoms with van der Waals surface area (Å²) in [5, 5.41) is 6.37. The summed E-state index contributed by atoms with van der Waals surface area (Å²) in [5.41, 5.74) is 4.56. The molecule has 3 nitrogen and oxygen atoms in total. The summed E-state index contributed by atoms with van der Waals surface area (Å²) in [5.74, 6) is 0.422. The molecule has 3 heteroatoms. The number of nitrogens with one attached hydrogen (secondary N) is 2. The molecule has 2 aromatic rings. The monoisotopic (exact) mass is 294 g/mol. The number of benzene rings is 2. The summed E-state index contributed by atoms with van der Waals surface area (Å²) < 4.78 is 0. The number of fused-ring (bicyclic) bond motifs is 1. The van der Waals surface area contributed by atoms with Crippen molar-refractivity contribution in [3.63, 3.8) is 0 Å². The van der Waals surface area contributed by atoms with Crippen molar-refractivity contribution >= 4 is 11.6 Å². The molecular weight excluding hydrogens is 272 g/mol. The third kappa shape index (κ3) is 3.04. The third-order valence-electron chi connectivity index (χ3n) is 4.23. The lowest BCUT2D eigenvalue weighted by molar-refractivity contribution is -0.117. The lowest BCUT2D eigenvalue weighted by Gasteiger charge is -2.26. The van der Waals surface area contributed by atoms with Gasteiger partial charge in [0.25, 0.3) is 0 Å². The Balaban J connectivity index is 1.83. The Morgan fingerprint density at radius 2 is 1.95 bits per heavy atom. The van der Waals surface area contributed by atoms with E-state index in [0.29, 0.717) is 12.5 Å². The van der Waals surface area contributed by atoms with E-state index in [2.05, 4.69) is 42.7 Å². The van der Waals surface area contributed by atoms with Crippen molar-refractivity contribution in [1.82, 2.24) is 5.32 Å². The fourth-order valence-corrected chi connectivity index (χ4v) is 2.92. The molecule has 0 fully saturated rings. The Kier molecular flexibility index (Phi) is 4.25. The van der Waals surface area contributed by atoms with E-state index < -0.39 is 0 Å². The van der Waals surface area contributed by atoms with Gasteiger partial charge in [0, 0.05) is 18.8 Å². The summed E-state index contributed by atoms with van der Waals surface area (Å²) in [6, 6.07) is 16.1. The second-order valence-corrected chi connectivity index (χ2v) is 6.15. The average molecular weight is 294 g/mol. The molecule has 1 amide bonds. The van der Waals surface area contributed by atoms with Gasteiger partial charge in [0.2, 0.25) is 5.91 Å². The van der Waals surface area contributed by atoms with Crippen molar-refractivity contribution in [2.45, 2.75) is 32.2 Å². The van der Waals surface area contributed by atoms with Crippen LogP contribution in [0.5, 0.6) is 0 Å². The Morgan fingerprint density at radius 1 is 1.18 bits per heavy atom. The highest BCUT2D eigenvalue weighted by atomic mass is 16.1. The van der Waals surface area contributed by atoms with Crippen molar-refractivity contribution in [2.24, 2.45) is 0 Å². The van der Waals surface area contributed by atoms with Crippen LogP contribution in [0.3, 0.4) is 0 Å². The lowest BCUT2D eigenvalue weighted by Crippen LogP contribution is -2.35. The highest BCUT2D eigenvalue weighted by Crippen LogP contribution is 2.28. The maximum Gasteiger partial charge on any atom is 0.233 e. The Labute approximate surface area is 131 Å². The molecule has 0 aromatic heterocycles. The van der Waals surface area contributed by atoms with Gasteiger partial charge in [-0.1, -0.05) is 50.2 Å². The molecule has 1 aliphatic heterocycles. The van der Waals surface area contributed by atoms with Crippen LogP contribution in [0.1, 0.15) is 42.4 Å². The highest BCUT2D eigenvalue weighted by Gasteiger charge is 2.26. The molecule has 0 spiro atoms. The molecule has 1 heterocycles. The van der Waals surface area contributed by atoms with Crippen molar-refractivity contribution in [1.29, 1.82) is 0 Å². The maximum absolute atomic E-state index is 12.6. The Bertz CT molecular complexity index is 664. The van der Waals surface area contributed by atoms with Crippen molar-refractivity contribution in [3.8, 4) is 0 Å². The van der Waals surface area contributed by atoms with E-state index in [1.165, 1.54) is 11.1 Å². The SMILES string of the molecule is CC(C)c1ccc2c(c1)CNCC2C(=O)Nc1ccccc1. The molecule has 0 aliphatic carbocycles. The van der Waals surface area contributed by atoms with Crippen LogP contribution in [0.25, 0.3) is 0 Å². The largest absolute Gasteiger partial charge is 0.326 e. The number of amides is 1. The predicted molar refractivity (Wildman–Crippen MR) is 90.1 cm³/mol. The first-order valence-corrected chi connectivity index (χ1v) is 7.84. The van der Waals surface area contributed by atoms with E-state index >= 15 is 0 Å². The highest BCUT2D eigenvalue weighted by molar-refractivity contribution is 5.96. The smallest absolute Gasteiger partial charge is 0.233 e. The van der Waals surface area contributed by atoms with E-state index in [-0.39, 0.29) is 11.8 Å². The Hall–Kier alpha value is -2.13. The van der Waals surface area contributed by atoms with Crippen LogP contribution < -0.4 is 10.6 Å². The van der Waals surface area contributed by atoms with Crippen LogP contribution >= 0.6 is 0 Å². The summed E-state index contributed by atoms with van der Waals surface area (Å²) in [4.78, 5) is 12.6. The van der Waals surface area contributed by atoms with Crippen LogP contribution in [0.15, 0.2) is 48.5 Å². The summed E-state index contributed by atoms with van der Waals surface area (Å²) in [7, 11) is 0. The van der Waals surface area contributed by atoms with Gasteiger partial charge in [0.05, 0.1) is 5.92 Å². The third-order valence-corrected chi connectivity index (χ3v) is 4.23. The minimum absolute atomic E-state index is 0.0527. The summed E-state index contributed by atoms with van der Waals surface area (Å²) in [6.07, 6.45) is 0. The molecule has 0 bridgehead atoms. The van der Waals surface area contributed by atoms with E-state index in [1.807, 2.05) is 30.3 Å². The number of rotatable bonds is 3. The fraction of sp³-hybridized carbons (Fsp3) is 0.316. The second-order valence-electron chi connectivity index (χ2n) is 6.15. The number of para-hydroxylation sites is 1. The fourth-order valence-electron chi connectivity index (χ4n) is 2.92. The Morgan fingerprint density at radius 3 is 2.68 bits per heavy atom. The van der Waals surface area contributed by atoms with E-state index in [1.54, 1.807) is 0 Å². The molecule has 22 heavy (non-hydrogen) atoms. The van der Waals surface area contributed by atoms with Gasteiger partial charge in [0.15, 0.2) is 0 Å². The molecule has 114 valence electrons. The molecule has 0 radical (unpaired) electrons. The molecule has 2 aromatic carbocycles. The van der Waals surface area contributed by atoms with Crippen LogP contribution in [0, 0.1) is 0 Å². The lowest BCUT2D eigenvalue weighted by atomic mass is 9.87. The van der Waals surface area contributed by atoms with E-state index in [0.717, 1.165) is 17.8 Å². The van der Waals surface area contributed by atoms with Crippen LogP contribution in [0.2, 0.25) is 0 Å². The maximum atomic E-state index is 12.6.